The van der Waals surface area contributed by atoms with E-state index >= 15 is 0 Å². The molecule has 3 amide bonds. The van der Waals surface area contributed by atoms with Gasteiger partial charge >= 0.3 is 11.9 Å². The quantitative estimate of drug-likeness (QED) is 0.223. The fourth-order valence-electron chi connectivity index (χ4n) is 2.78. The molecule has 0 heterocycles. The van der Waals surface area contributed by atoms with Crippen molar-refractivity contribution >= 4 is 29.7 Å². The number of carbonyl (C=O) groups is 5. The maximum absolute atomic E-state index is 12.9. The highest BCUT2D eigenvalue weighted by molar-refractivity contribution is 5.95. The van der Waals surface area contributed by atoms with Gasteiger partial charge in [-0.05, 0) is 17.8 Å². The van der Waals surface area contributed by atoms with Crippen LogP contribution in [0.2, 0.25) is 0 Å². The van der Waals surface area contributed by atoms with Crippen LogP contribution in [0.25, 0.3) is 0 Å². The highest BCUT2D eigenvalue weighted by Crippen LogP contribution is 2.11. The predicted molar refractivity (Wildman–Crippen MR) is 113 cm³/mol. The molecule has 178 valence electrons. The average molecular weight is 445 g/mol. The fourth-order valence-corrected chi connectivity index (χ4v) is 2.78. The average Bonchev–Trinajstić information content (AvgIpc) is 2.65. The molecule has 0 spiro atoms. The van der Waals surface area contributed by atoms with Crippen LogP contribution in [0.5, 0.6) is 0 Å². The highest BCUT2D eigenvalue weighted by Gasteiger charge is 2.34. The van der Waals surface area contributed by atoms with Crippen molar-refractivity contribution in [2.24, 2.45) is 23.5 Å². The Balaban J connectivity index is 5.49. The van der Waals surface area contributed by atoms with Crippen LogP contribution in [0.4, 0.5) is 0 Å². The van der Waals surface area contributed by atoms with Crippen LogP contribution in [0.15, 0.2) is 0 Å². The molecule has 5 unspecified atom stereocenters. The Kier molecular flexibility index (Phi) is 11.8. The minimum absolute atomic E-state index is 0.334. The van der Waals surface area contributed by atoms with Crippen LogP contribution < -0.4 is 21.7 Å². The molecule has 0 aromatic rings. The number of nitrogens with one attached hydrogen (secondary N) is 3. The minimum Gasteiger partial charge on any atom is -0.481 e. The number of aliphatic carboxylic acids is 2. The molecule has 31 heavy (non-hydrogen) atoms. The van der Waals surface area contributed by atoms with Crippen molar-refractivity contribution in [1.82, 2.24) is 16.0 Å². The molecule has 0 rings (SSSR count). The van der Waals surface area contributed by atoms with Gasteiger partial charge in [-0.3, -0.25) is 19.2 Å². The number of carboxylic acids is 2. The lowest BCUT2D eigenvalue weighted by atomic mass is 9.95. The van der Waals surface area contributed by atoms with Crippen molar-refractivity contribution in [3.63, 3.8) is 0 Å². The van der Waals surface area contributed by atoms with Gasteiger partial charge in [0.1, 0.15) is 18.1 Å². The molecule has 0 saturated heterocycles. The topological polar surface area (TPSA) is 188 Å². The third kappa shape index (κ3) is 9.33. The van der Waals surface area contributed by atoms with E-state index in [0.29, 0.717) is 6.42 Å². The number of hydrogen-bond donors (Lipinski definition) is 6. The molecule has 0 saturated carbocycles. The Bertz CT molecular complexity index is 666. The lowest BCUT2D eigenvalue weighted by molar-refractivity contribution is -0.144. The summed E-state index contributed by atoms with van der Waals surface area (Å²) in [7, 11) is 0. The van der Waals surface area contributed by atoms with Gasteiger partial charge in [0.15, 0.2) is 0 Å². The summed E-state index contributed by atoms with van der Waals surface area (Å²) < 4.78 is 0. The monoisotopic (exact) mass is 444 g/mol. The first-order valence-corrected chi connectivity index (χ1v) is 10.3. The number of carbonyl (C=O) groups excluding carboxylic acids is 3. The Morgan fingerprint density at radius 2 is 1.16 bits per heavy atom. The van der Waals surface area contributed by atoms with Crippen LogP contribution in [0.3, 0.4) is 0 Å². The van der Waals surface area contributed by atoms with Crippen molar-refractivity contribution in [1.29, 1.82) is 0 Å². The van der Waals surface area contributed by atoms with E-state index < -0.39 is 60.2 Å². The number of amides is 3. The van der Waals surface area contributed by atoms with E-state index in [2.05, 4.69) is 16.0 Å². The first-order chi connectivity index (χ1) is 14.2. The van der Waals surface area contributed by atoms with Gasteiger partial charge in [-0.15, -0.1) is 0 Å². The van der Waals surface area contributed by atoms with Crippen LogP contribution in [0, 0.1) is 17.8 Å². The third-order valence-corrected chi connectivity index (χ3v) is 5.00. The van der Waals surface area contributed by atoms with E-state index in [1.165, 1.54) is 0 Å². The number of nitrogens with two attached hydrogens (primary N) is 1. The van der Waals surface area contributed by atoms with E-state index in [9.17, 15) is 29.1 Å². The van der Waals surface area contributed by atoms with Gasteiger partial charge < -0.3 is 31.9 Å². The minimum atomic E-state index is -1.33. The molecule has 11 heteroatoms. The van der Waals surface area contributed by atoms with E-state index in [-0.39, 0.29) is 17.8 Å². The number of rotatable bonds is 13. The summed E-state index contributed by atoms with van der Waals surface area (Å²) in [5, 5.41) is 25.6. The summed E-state index contributed by atoms with van der Waals surface area (Å²) in [6.07, 6.45) is -0.0804. The summed E-state index contributed by atoms with van der Waals surface area (Å²) in [6, 6.07) is -4.54. The van der Waals surface area contributed by atoms with Crippen molar-refractivity contribution in [3.05, 3.63) is 0 Å². The Morgan fingerprint density at radius 3 is 1.55 bits per heavy atom. The molecule has 0 aliphatic carbocycles. The largest absolute Gasteiger partial charge is 0.481 e. The Morgan fingerprint density at radius 1 is 0.742 bits per heavy atom. The summed E-state index contributed by atoms with van der Waals surface area (Å²) >= 11 is 0. The van der Waals surface area contributed by atoms with E-state index in [4.69, 9.17) is 10.8 Å². The maximum atomic E-state index is 12.9. The fraction of sp³-hybridized carbons (Fsp3) is 0.750. The van der Waals surface area contributed by atoms with Gasteiger partial charge in [-0.25, -0.2) is 4.79 Å². The molecule has 0 bridgehead atoms. The van der Waals surface area contributed by atoms with Gasteiger partial charge in [0, 0.05) is 0 Å². The van der Waals surface area contributed by atoms with Crippen LogP contribution >= 0.6 is 0 Å². The third-order valence-electron chi connectivity index (χ3n) is 5.00. The van der Waals surface area contributed by atoms with Crippen molar-refractivity contribution in [2.45, 2.75) is 78.6 Å². The predicted octanol–water partition coefficient (Wildman–Crippen LogP) is -0.314. The van der Waals surface area contributed by atoms with E-state index in [1.807, 2.05) is 0 Å². The Labute approximate surface area is 182 Å². The van der Waals surface area contributed by atoms with Crippen molar-refractivity contribution < 1.29 is 34.2 Å². The second kappa shape index (κ2) is 12.9. The molecule has 11 nitrogen and oxygen atoms in total. The van der Waals surface area contributed by atoms with Crippen LogP contribution in [-0.2, 0) is 24.0 Å². The van der Waals surface area contributed by atoms with Gasteiger partial charge in [-0.2, -0.15) is 0 Å². The van der Waals surface area contributed by atoms with Gasteiger partial charge in [-0.1, -0.05) is 48.0 Å². The zero-order valence-electron chi connectivity index (χ0n) is 19.0. The Hall–Kier alpha value is -2.69. The second-order valence-corrected chi connectivity index (χ2v) is 8.37. The van der Waals surface area contributed by atoms with Crippen molar-refractivity contribution in [3.8, 4) is 0 Å². The molecule has 0 aromatic heterocycles. The molecule has 5 atom stereocenters. The molecule has 0 radical (unpaired) electrons. The standard InChI is InChI=1S/C20H36N4O7/c1-7-11(6)16(24-17(27)12(21)8-13(25)26)19(29)22-14(9(2)3)18(28)23-15(10(4)5)20(30)31/h9-12,14-16H,7-8,21H2,1-6H3,(H,22,29)(H,23,28)(H,24,27)(H,25,26)(H,30,31). The van der Waals surface area contributed by atoms with Crippen LogP contribution in [-0.4, -0.2) is 64.0 Å². The second-order valence-electron chi connectivity index (χ2n) is 8.37. The summed E-state index contributed by atoms with van der Waals surface area (Å²) in [4.78, 5) is 60.0. The SMILES string of the molecule is CCC(C)C(NC(=O)C(N)CC(=O)O)C(=O)NC(C(=O)NC(C(=O)O)C(C)C)C(C)C. The zero-order valence-corrected chi connectivity index (χ0v) is 19.0. The lowest BCUT2D eigenvalue weighted by Crippen LogP contribution is -2.60. The lowest BCUT2D eigenvalue weighted by Gasteiger charge is -2.29. The van der Waals surface area contributed by atoms with Crippen LogP contribution in [0.1, 0.15) is 54.4 Å². The molecular weight excluding hydrogens is 408 g/mol. The smallest absolute Gasteiger partial charge is 0.326 e. The molecule has 7 N–H and O–H groups in total. The summed E-state index contributed by atoms with van der Waals surface area (Å²) in [5.41, 5.74) is 5.57. The normalized spacial score (nSPS) is 16.0. The van der Waals surface area contributed by atoms with Gasteiger partial charge in [0.05, 0.1) is 12.5 Å². The number of hydrogen-bond acceptors (Lipinski definition) is 6. The van der Waals surface area contributed by atoms with E-state index in [1.54, 1.807) is 41.5 Å². The molecule has 0 aliphatic heterocycles. The zero-order chi connectivity index (χ0) is 24.5. The molecule has 0 aliphatic rings. The highest BCUT2D eigenvalue weighted by atomic mass is 16.4. The molecule has 0 aromatic carbocycles. The summed E-state index contributed by atoms with van der Waals surface area (Å²) in [6.45, 7) is 10.2. The molecular formula is C20H36N4O7. The first kappa shape index (κ1) is 28.3. The number of carboxylic acid groups (broad SMARTS) is 2. The first-order valence-electron chi connectivity index (χ1n) is 10.3. The van der Waals surface area contributed by atoms with E-state index in [0.717, 1.165) is 0 Å². The van der Waals surface area contributed by atoms with Gasteiger partial charge in [0.25, 0.3) is 0 Å². The van der Waals surface area contributed by atoms with Gasteiger partial charge in [0.2, 0.25) is 17.7 Å². The molecule has 0 fully saturated rings. The maximum Gasteiger partial charge on any atom is 0.326 e. The summed E-state index contributed by atoms with van der Waals surface area (Å²) in [5.74, 6) is -5.59. The van der Waals surface area contributed by atoms with Crippen molar-refractivity contribution in [2.75, 3.05) is 0 Å².